The number of nitrogens with one attached hydrogen (secondary N) is 1. The zero-order valence-corrected chi connectivity index (χ0v) is 12.1. The fourth-order valence-electron chi connectivity index (χ4n) is 2.15. The molecule has 21 heavy (non-hydrogen) atoms. The highest BCUT2D eigenvalue weighted by Crippen LogP contribution is 2.22. The van der Waals surface area contributed by atoms with Gasteiger partial charge in [-0.3, -0.25) is 14.4 Å². The Morgan fingerprint density at radius 1 is 1.43 bits per heavy atom. The van der Waals surface area contributed by atoms with Gasteiger partial charge in [-0.05, 0) is 12.1 Å². The Morgan fingerprint density at radius 3 is 2.90 bits per heavy atom. The number of amidine groups is 1. The van der Waals surface area contributed by atoms with Gasteiger partial charge in [-0.2, -0.15) is 5.10 Å². The normalized spacial score (nSPS) is 19.2. The molecule has 0 radical (unpaired) electrons. The number of aliphatic hydroxyl groups excluding tert-OH is 1. The van der Waals surface area contributed by atoms with Crippen LogP contribution in [0, 0.1) is 0 Å². The number of aliphatic imine (C=N–C) groups is 1. The fourth-order valence-corrected chi connectivity index (χ4v) is 3.40. The third kappa shape index (κ3) is 2.55. The quantitative estimate of drug-likeness (QED) is 0.846. The summed E-state index contributed by atoms with van der Waals surface area (Å²) in [6, 6.07) is 6.61. The molecule has 2 N–H and O–H groups in total. The Labute approximate surface area is 122 Å². The number of aliphatic hydroxyl groups is 1. The van der Waals surface area contributed by atoms with E-state index in [0.29, 0.717) is 11.1 Å². The standard InChI is InChI=1S/C13H14N4O3S/c1-17-8-9(6-15-17)11(18)7-14-13-10-4-2-3-5-12(10)21(19,20)16-13/h2-6,8,11,18H,7H2,1H3,(H,14,16). The van der Waals surface area contributed by atoms with Crippen LogP contribution in [0.1, 0.15) is 17.2 Å². The number of sulfonamides is 1. The predicted octanol–water partition coefficient (Wildman–Crippen LogP) is 0.192. The van der Waals surface area contributed by atoms with E-state index in [4.69, 9.17) is 0 Å². The van der Waals surface area contributed by atoms with Crippen molar-refractivity contribution in [3.63, 3.8) is 0 Å². The van der Waals surface area contributed by atoms with Gasteiger partial charge in [0.2, 0.25) is 0 Å². The third-order valence-electron chi connectivity index (χ3n) is 3.19. The lowest BCUT2D eigenvalue weighted by molar-refractivity contribution is 0.187. The lowest BCUT2D eigenvalue weighted by Crippen LogP contribution is -2.23. The van der Waals surface area contributed by atoms with E-state index >= 15 is 0 Å². The van der Waals surface area contributed by atoms with Crippen molar-refractivity contribution in [2.45, 2.75) is 11.0 Å². The lowest BCUT2D eigenvalue weighted by atomic mass is 10.2. The van der Waals surface area contributed by atoms with Crippen molar-refractivity contribution in [2.24, 2.45) is 12.0 Å². The van der Waals surface area contributed by atoms with Crippen molar-refractivity contribution >= 4 is 15.9 Å². The first-order chi connectivity index (χ1) is 9.97. The summed E-state index contributed by atoms with van der Waals surface area (Å²) in [7, 11) is -1.79. The zero-order valence-electron chi connectivity index (χ0n) is 11.3. The minimum Gasteiger partial charge on any atom is -0.386 e. The van der Waals surface area contributed by atoms with Gasteiger partial charge in [0.05, 0.1) is 17.6 Å². The Hall–Kier alpha value is -2.19. The van der Waals surface area contributed by atoms with Gasteiger partial charge in [0.1, 0.15) is 11.9 Å². The van der Waals surface area contributed by atoms with Gasteiger partial charge in [-0.1, -0.05) is 12.1 Å². The highest BCUT2D eigenvalue weighted by molar-refractivity contribution is 7.90. The Balaban J connectivity index is 1.85. The summed E-state index contributed by atoms with van der Waals surface area (Å²) in [6.07, 6.45) is 2.42. The van der Waals surface area contributed by atoms with E-state index in [9.17, 15) is 13.5 Å². The van der Waals surface area contributed by atoms with Gasteiger partial charge >= 0.3 is 0 Å². The van der Waals surface area contributed by atoms with Crippen LogP contribution in [0.25, 0.3) is 0 Å². The Bertz CT molecular complexity index is 810. The van der Waals surface area contributed by atoms with Gasteiger partial charge < -0.3 is 5.11 Å². The fraction of sp³-hybridized carbons (Fsp3) is 0.231. The first kappa shape index (κ1) is 13.8. The first-order valence-corrected chi connectivity index (χ1v) is 7.79. The molecule has 0 amide bonds. The van der Waals surface area contributed by atoms with Crippen LogP contribution >= 0.6 is 0 Å². The molecule has 1 aromatic heterocycles. The summed E-state index contributed by atoms with van der Waals surface area (Å²) in [5, 5.41) is 14.0. The minimum atomic E-state index is -3.54. The van der Waals surface area contributed by atoms with Gasteiger partial charge in [0, 0.05) is 24.4 Å². The van der Waals surface area contributed by atoms with Crippen molar-refractivity contribution in [1.29, 1.82) is 0 Å². The van der Waals surface area contributed by atoms with Crippen molar-refractivity contribution in [1.82, 2.24) is 14.5 Å². The van der Waals surface area contributed by atoms with Crippen LogP contribution in [0.15, 0.2) is 46.5 Å². The average Bonchev–Trinajstić information content (AvgIpc) is 2.99. The van der Waals surface area contributed by atoms with Crippen LogP contribution in [0.4, 0.5) is 0 Å². The van der Waals surface area contributed by atoms with Crippen molar-refractivity contribution in [3.05, 3.63) is 47.8 Å². The van der Waals surface area contributed by atoms with E-state index in [-0.39, 0.29) is 17.3 Å². The predicted molar refractivity (Wildman–Crippen MR) is 76.3 cm³/mol. The lowest BCUT2D eigenvalue weighted by Gasteiger charge is -2.05. The number of benzene rings is 1. The molecule has 1 aliphatic rings. The van der Waals surface area contributed by atoms with Crippen LogP contribution in [0.5, 0.6) is 0 Å². The van der Waals surface area contributed by atoms with Crippen LogP contribution in [-0.2, 0) is 17.1 Å². The summed E-state index contributed by atoms with van der Waals surface area (Å²) in [4.78, 5) is 4.39. The molecule has 7 nitrogen and oxygen atoms in total. The summed E-state index contributed by atoms with van der Waals surface area (Å²) in [6.45, 7) is 0.0535. The molecule has 2 heterocycles. The van der Waals surface area contributed by atoms with Crippen LogP contribution in [0.3, 0.4) is 0 Å². The van der Waals surface area contributed by atoms with Gasteiger partial charge in [0.25, 0.3) is 10.0 Å². The second-order valence-corrected chi connectivity index (χ2v) is 6.40. The molecule has 0 bridgehead atoms. The summed E-state index contributed by atoms with van der Waals surface area (Å²) >= 11 is 0. The van der Waals surface area contributed by atoms with E-state index < -0.39 is 16.1 Å². The van der Waals surface area contributed by atoms with E-state index in [0.717, 1.165) is 0 Å². The molecule has 1 unspecified atom stereocenters. The molecule has 0 fully saturated rings. The monoisotopic (exact) mass is 306 g/mol. The maximum Gasteiger partial charge on any atom is 0.263 e. The molecule has 0 spiro atoms. The van der Waals surface area contributed by atoms with E-state index in [1.807, 2.05) is 0 Å². The number of aryl methyl sites for hydroxylation is 1. The minimum absolute atomic E-state index is 0.0535. The van der Waals surface area contributed by atoms with Gasteiger partial charge in [-0.15, -0.1) is 0 Å². The summed E-state index contributed by atoms with van der Waals surface area (Å²) in [5.74, 6) is 0.258. The highest BCUT2D eigenvalue weighted by Gasteiger charge is 2.30. The largest absolute Gasteiger partial charge is 0.386 e. The van der Waals surface area contributed by atoms with Crippen LogP contribution < -0.4 is 4.72 Å². The summed E-state index contributed by atoms with van der Waals surface area (Å²) in [5.41, 5.74) is 1.16. The van der Waals surface area contributed by atoms with Crippen LogP contribution in [-0.4, -0.2) is 35.7 Å². The second kappa shape index (κ2) is 4.97. The molecule has 1 aromatic carbocycles. The topological polar surface area (TPSA) is 96.6 Å². The third-order valence-corrected chi connectivity index (χ3v) is 4.59. The molecular weight excluding hydrogens is 292 g/mol. The second-order valence-electron chi connectivity index (χ2n) is 4.75. The highest BCUT2D eigenvalue weighted by atomic mass is 32.2. The Kier molecular flexibility index (Phi) is 3.26. The Morgan fingerprint density at radius 2 is 2.19 bits per heavy atom. The molecule has 0 saturated carbocycles. The number of hydrogen-bond acceptors (Lipinski definition) is 5. The van der Waals surface area contributed by atoms with Crippen molar-refractivity contribution in [2.75, 3.05) is 6.54 Å². The number of fused-ring (bicyclic) bond motifs is 1. The molecule has 1 atom stereocenters. The van der Waals surface area contributed by atoms with Crippen molar-refractivity contribution < 1.29 is 13.5 Å². The average molecular weight is 306 g/mol. The SMILES string of the molecule is Cn1cc(C(O)CN=C2NS(=O)(=O)c3ccccc32)cn1. The van der Waals surface area contributed by atoms with E-state index in [2.05, 4.69) is 14.8 Å². The number of nitrogens with zero attached hydrogens (tertiary/aromatic N) is 3. The number of hydrogen-bond donors (Lipinski definition) is 2. The molecule has 3 rings (SSSR count). The molecule has 0 saturated heterocycles. The number of aromatic nitrogens is 2. The molecule has 8 heteroatoms. The first-order valence-electron chi connectivity index (χ1n) is 6.30. The van der Waals surface area contributed by atoms with E-state index in [1.54, 1.807) is 42.3 Å². The number of rotatable bonds is 3. The molecular formula is C13H14N4O3S. The maximum absolute atomic E-state index is 11.9. The zero-order chi connectivity index (χ0) is 15.0. The van der Waals surface area contributed by atoms with Crippen LogP contribution in [0.2, 0.25) is 0 Å². The molecule has 110 valence electrons. The molecule has 1 aliphatic heterocycles. The van der Waals surface area contributed by atoms with Crippen molar-refractivity contribution in [3.8, 4) is 0 Å². The van der Waals surface area contributed by atoms with Gasteiger partial charge in [0.15, 0.2) is 0 Å². The molecule has 2 aromatic rings. The maximum atomic E-state index is 11.9. The van der Waals surface area contributed by atoms with Gasteiger partial charge in [-0.25, -0.2) is 8.42 Å². The smallest absolute Gasteiger partial charge is 0.263 e. The molecule has 0 aliphatic carbocycles. The summed E-state index contributed by atoms with van der Waals surface area (Å²) < 4.78 is 27.8. The van der Waals surface area contributed by atoms with E-state index in [1.165, 1.54) is 6.07 Å².